The van der Waals surface area contributed by atoms with Crippen molar-refractivity contribution < 1.29 is 4.79 Å². The summed E-state index contributed by atoms with van der Waals surface area (Å²) >= 11 is 0. The van der Waals surface area contributed by atoms with E-state index in [1.165, 1.54) is 28.8 Å². The van der Waals surface area contributed by atoms with E-state index >= 15 is 0 Å². The van der Waals surface area contributed by atoms with Gasteiger partial charge in [-0.1, -0.05) is 36.4 Å². The van der Waals surface area contributed by atoms with Crippen molar-refractivity contribution in [2.45, 2.75) is 20.0 Å². The fourth-order valence-electron chi connectivity index (χ4n) is 2.64. The summed E-state index contributed by atoms with van der Waals surface area (Å²) in [5.41, 5.74) is 2.41. The van der Waals surface area contributed by atoms with Crippen molar-refractivity contribution in [2.75, 3.05) is 0 Å². The minimum atomic E-state index is -0.206. The van der Waals surface area contributed by atoms with Crippen molar-refractivity contribution in [1.29, 1.82) is 5.41 Å². The van der Waals surface area contributed by atoms with Crippen LogP contribution in [-0.4, -0.2) is 16.8 Å². The van der Waals surface area contributed by atoms with E-state index in [9.17, 15) is 4.79 Å². The normalized spacial score (nSPS) is 13.4. The predicted octanol–water partition coefficient (Wildman–Crippen LogP) is 2.23. The minimum Gasteiger partial charge on any atom is -0.334 e. The first-order valence-corrected chi connectivity index (χ1v) is 6.26. The van der Waals surface area contributed by atoms with Gasteiger partial charge in [-0.25, -0.2) is 0 Å². The van der Waals surface area contributed by atoms with Crippen LogP contribution in [0, 0.1) is 5.41 Å². The average molecular weight is 253 g/mol. The maximum atomic E-state index is 11.1. The van der Waals surface area contributed by atoms with Gasteiger partial charge in [-0.15, -0.1) is 0 Å². The molecule has 96 valence electrons. The number of benzene rings is 2. The van der Waals surface area contributed by atoms with Crippen molar-refractivity contribution in [2.24, 2.45) is 0 Å². The Labute approximate surface area is 111 Å². The maximum absolute atomic E-state index is 11.1. The molecule has 0 radical (unpaired) electrons. The fraction of sp³-hybridized carbons (Fsp3) is 0.200. The Morgan fingerprint density at radius 1 is 1.16 bits per heavy atom. The highest BCUT2D eigenvalue weighted by molar-refractivity contribution is 5.96. The van der Waals surface area contributed by atoms with Crippen molar-refractivity contribution in [3.63, 3.8) is 0 Å². The second-order valence-electron chi connectivity index (χ2n) is 4.82. The average Bonchev–Trinajstić information content (AvgIpc) is 2.38. The molecule has 0 unspecified atom stereocenters. The Kier molecular flexibility index (Phi) is 2.71. The van der Waals surface area contributed by atoms with Gasteiger partial charge >= 0.3 is 0 Å². The summed E-state index contributed by atoms with van der Waals surface area (Å²) in [6.07, 6.45) is 0. The molecule has 0 spiro atoms. The van der Waals surface area contributed by atoms with Gasteiger partial charge in [0.05, 0.1) is 0 Å². The Morgan fingerprint density at radius 3 is 2.26 bits per heavy atom. The number of carbonyl (C=O) groups excluding carboxylic acids is 1. The molecule has 2 N–H and O–H groups in total. The lowest BCUT2D eigenvalue weighted by Crippen LogP contribution is -2.43. The largest absolute Gasteiger partial charge is 0.334 e. The van der Waals surface area contributed by atoms with Gasteiger partial charge in [0.25, 0.3) is 0 Å². The third-order valence-corrected chi connectivity index (χ3v) is 3.41. The number of guanidine groups is 1. The molecule has 2 aromatic rings. The van der Waals surface area contributed by atoms with Crippen LogP contribution < -0.4 is 5.32 Å². The van der Waals surface area contributed by atoms with Gasteiger partial charge in [0.2, 0.25) is 5.91 Å². The first kappa shape index (κ1) is 11.7. The molecule has 1 aliphatic heterocycles. The van der Waals surface area contributed by atoms with E-state index in [4.69, 9.17) is 5.41 Å². The zero-order valence-corrected chi connectivity index (χ0v) is 10.7. The number of amides is 1. The van der Waals surface area contributed by atoms with Gasteiger partial charge in [0, 0.05) is 20.0 Å². The predicted molar refractivity (Wildman–Crippen MR) is 74.7 cm³/mol. The molecule has 1 heterocycles. The lowest BCUT2D eigenvalue weighted by molar-refractivity contribution is -0.117. The third kappa shape index (κ3) is 2.05. The number of hydrogen-bond acceptors (Lipinski definition) is 2. The molecule has 3 rings (SSSR count). The molecule has 0 bridgehead atoms. The molecular formula is C15H15N3O. The maximum Gasteiger partial charge on any atom is 0.223 e. The summed E-state index contributed by atoms with van der Waals surface area (Å²) in [5, 5.41) is 13.0. The van der Waals surface area contributed by atoms with E-state index in [1.807, 2.05) is 17.0 Å². The Balaban J connectivity index is 1.99. The molecule has 0 aromatic heterocycles. The van der Waals surface area contributed by atoms with Gasteiger partial charge in [0.15, 0.2) is 5.96 Å². The SMILES string of the molecule is CC(=O)NC(=N)N1Cc2cccc3cccc(c23)C1. The van der Waals surface area contributed by atoms with Gasteiger partial charge in [-0.2, -0.15) is 0 Å². The molecule has 0 fully saturated rings. The van der Waals surface area contributed by atoms with Crippen LogP contribution in [0.15, 0.2) is 36.4 Å². The second-order valence-corrected chi connectivity index (χ2v) is 4.82. The van der Waals surface area contributed by atoms with Crippen molar-refractivity contribution in [1.82, 2.24) is 10.2 Å². The fourth-order valence-corrected chi connectivity index (χ4v) is 2.64. The zero-order valence-electron chi connectivity index (χ0n) is 10.7. The van der Waals surface area contributed by atoms with Crippen molar-refractivity contribution in [3.8, 4) is 0 Å². The first-order valence-electron chi connectivity index (χ1n) is 6.26. The smallest absolute Gasteiger partial charge is 0.223 e. The number of nitrogens with one attached hydrogen (secondary N) is 2. The van der Waals surface area contributed by atoms with Gasteiger partial charge in [-0.3, -0.25) is 15.5 Å². The van der Waals surface area contributed by atoms with Crippen molar-refractivity contribution >= 4 is 22.6 Å². The monoisotopic (exact) mass is 253 g/mol. The number of rotatable bonds is 0. The van der Waals surface area contributed by atoms with Gasteiger partial charge in [0.1, 0.15) is 0 Å². The summed E-state index contributed by atoms with van der Waals surface area (Å²) < 4.78 is 0. The van der Waals surface area contributed by atoms with E-state index in [1.54, 1.807) is 0 Å². The van der Waals surface area contributed by atoms with Crippen LogP contribution in [0.5, 0.6) is 0 Å². The highest BCUT2D eigenvalue weighted by Gasteiger charge is 2.20. The molecule has 0 aliphatic carbocycles. The first-order chi connectivity index (χ1) is 9.15. The lowest BCUT2D eigenvalue weighted by atomic mass is 9.95. The third-order valence-electron chi connectivity index (χ3n) is 3.41. The molecule has 1 amide bonds. The van der Waals surface area contributed by atoms with E-state index in [0.29, 0.717) is 13.1 Å². The van der Waals surface area contributed by atoms with Crippen LogP contribution in [0.4, 0.5) is 0 Å². The van der Waals surface area contributed by atoms with E-state index in [2.05, 4.69) is 29.6 Å². The van der Waals surface area contributed by atoms with Crippen LogP contribution in [-0.2, 0) is 17.9 Å². The zero-order chi connectivity index (χ0) is 13.4. The van der Waals surface area contributed by atoms with Crippen LogP contribution in [0.2, 0.25) is 0 Å². The van der Waals surface area contributed by atoms with E-state index in [-0.39, 0.29) is 11.9 Å². The summed E-state index contributed by atoms with van der Waals surface area (Å²) in [5.74, 6) is -0.0407. The minimum absolute atomic E-state index is 0.166. The Morgan fingerprint density at radius 2 is 1.74 bits per heavy atom. The Hall–Kier alpha value is -2.36. The van der Waals surface area contributed by atoms with E-state index < -0.39 is 0 Å². The van der Waals surface area contributed by atoms with Crippen molar-refractivity contribution in [3.05, 3.63) is 47.5 Å². The summed E-state index contributed by atoms with van der Waals surface area (Å²) in [6.45, 7) is 2.74. The number of hydrogen-bond donors (Lipinski definition) is 2. The summed E-state index contributed by atoms with van der Waals surface area (Å²) in [7, 11) is 0. The van der Waals surface area contributed by atoms with Gasteiger partial charge in [-0.05, 0) is 21.9 Å². The van der Waals surface area contributed by atoms with Gasteiger partial charge < -0.3 is 4.90 Å². The molecule has 0 saturated carbocycles. The molecule has 0 atom stereocenters. The van der Waals surface area contributed by atoms with Crippen LogP contribution in [0.25, 0.3) is 10.8 Å². The lowest BCUT2D eigenvalue weighted by Gasteiger charge is -2.30. The summed E-state index contributed by atoms with van der Waals surface area (Å²) in [6, 6.07) is 12.5. The quantitative estimate of drug-likeness (QED) is 0.558. The standard InChI is InChI=1S/C15H15N3O/c1-10(19)17-15(16)18-8-12-6-2-4-11-5-3-7-13(9-18)14(11)12/h2-7H,8-9H2,1H3,(H2,16,17,19). The Bertz CT molecular complexity index is 637. The molecular weight excluding hydrogens is 238 g/mol. The molecule has 0 saturated heterocycles. The molecule has 4 nitrogen and oxygen atoms in total. The topological polar surface area (TPSA) is 56.2 Å². The number of carbonyl (C=O) groups is 1. The number of nitrogens with zero attached hydrogens (tertiary/aromatic N) is 1. The highest BCUT2D eigenvalue weighted by Crippen LogP contribution is 2.29. The molecule has 2 aromatic carbocycles. The molecule has 1 aliphatic rings. The van der Waals surface area contributed by atoms with Crippen LogP contribution in [0.1, 0.15) is 18.1 Å². The highest BCUT2D eigenvalue weighted by atomic mass is 16.1. The van der Waals surface area contributed by atoms with E-state index in [0.717, 1.165) is 0 Å². The van der Waals surface area contributed by atoms with Crippen LogP contribution >= 0.6 is 0 Å². The molecule has 19 heavy (non-hydrogen) atoms. The second kappa shape index (κ2) is 4.39. The summed E-state index contributed by atoms with van der Waals surface area (Å²) in [4.78, 5) is 12.9. The molecule has 4 heteroatoms. The van der Waals surface area contributed by atoms with Crippen LogP contribution in [0.3, 0.4) is 0 Å².